The lowest BCUT2D eigenvalue weighted by molar-refractivity contribution is -0.145. The fraction of sp³-hybridized carbons (Fsp3) is 0.514. The largest absolute Gasteiger partial charge is 0.481 e. The van der Waals surface area contributed by atoms with Gasteiger partial charge in [0.1, 0.15) is 30.2 Å². The molecule has 0 saturated carbocycles. The number of nitrogens with two attached hydrogens (primary N) is 2. The Labute approximate surface area is 325 Å². The molecule has 56 heavy (non-hydrogen) atoms. The van der Waals surface area contributed by atoms with Gasteiger partial charge < -0.3 is 57.9 Å². The summed E-state index contributed by atoms with van der Waals surface area (Å²) < 4.78 is 0. The summed E-state index contributed by atoms with van der Waals surface area (Å²) in [5, 5.41) is 38.4. The zero-order valence-electron chi connectivity index (χ0n) is 30.7. The number of benzene rings is 1. The number of amides is 6. The molecule has 0 bridgehead atoms. The number of H-pyrrole nitrogens is 1. The number of likely N-dealkylation sites (tertiary alicyclic amines) is 1. The molecule has 21 heteroatoms. The van der Waals surface area contributed by atoms with Crippen LogP contribution in [-0.4, -0.2) is 133 Å². The van der Waals surface area contributed by atoms with Crippen LogP contribution in [0.25, 0.3) is 10.9 Å². The van der Waals surface area contributed by atoms with Crippen LogP contribution in [0.5, 0.6) is 0 Å². The number of rotatable bonds is 23. The van der Waals surface area contributed by atoms with Crippen molar-refractivity contribution in [2.75, 3.05) is 18.6 Å². The van der Waals surface area contributed by atoms with Crippen molar-refractivity contribution in [3.05, 3.63) is 36.0 Å². The Hall–Kier alpha value is -5.70. The summed E-state index contributed by atoms with van der Waals surface area (Å²) in [6.45, 7) is 0.0635. The van der Waals surface area contributed by atoms with E-state index >= 15 is 0 Å². The van der Waals surface area contributed by atoms with Gasteiger partial charge in [-0.25, -0.2) is 4.79 Å². The number of hydrogen-bond donors (Lipinski definition) is 10. The summed E-state index contributed by atoms with van der Waals surface area (Å²) in [6, 6.07) is -0.959. The first-order valence-corrected chi connectivity index (χ1v) is 19.2. The Morgan fingerprint density at radius 3 is 2.04 bits per heavy atom. The summed E-state index contributed by atoms with van der Waals surface area (Å²) in [5.74, 6) is -8.68. The molecular formula is C35H48N8O12S. The molecule has 0 spiro atoms. The van der Waals surface area contributed by atoms with Gasteiger partial charge in [-0.2, -0.15) is 11.8 Å². The Bertz CT molecular complexity index is 1790. The molecule has 20 nitrogen and oxygen atoms in total. The minimum Gasteiger partial charge on any atom is -0.481 e. The third kappa shape index (κ3) is 13.3. The molecule has 6 amide bonds. The van der Waals surface area contributed by atoms with E-state index in [4.69, 9.17) is 16.6 Å². The monoisotopic (exact) mass is 804 g/mol. The Kier molecular flexibility index (Phi) is 17.1. The normalized spacial score (nSPS) is 16.5. The highest BCUT2D eigenvalue weighted by atomic mass is 32.2. The van der Waals surface area contributed by atoms with Gasteiger partial charge in [0, 0.05) is 42.9 Å². The second-order valence-electron chi connectivity index (χ2n) is 13.3. The third-order valence-corrected chi connectivity index (χ3v) is 9.74. The quantitative estimate of drug-likeness (QED) is 0.0606. The van der Waals surface area contributed by atoms with Crippen LogP contribution in [0.2, 0.25) is 0 Å². The lowest BCUT2D eigenvalue weighted by Crippen LogP contribution is -2.59. The number of aromatic amines is 1. The molecule has 1 aromatic heterocycles. The fourth-order valence-electron chi connectivity index (χ4n) is 6.19. The fourth-order valence-corrected chi connectivity index (χ4v) is 6.66. The van der Waals surface area contributed by atoms with Crippen molar-refractivity contribution in [1.29, 1.82) is 0 Å². The van der Waals surface area contributed by atoms with E-state index in [2.05, 4.69) is 26.3 Å². The van der Waals surface area contributed by atoms with E-state index in [1.807, 2.05) is 18.2 Å². The molecule has 1 fully saturated rings. The number of para-hydroxylation sites is 1. The SMILES string of the molecule is CSCCC(NC(=O)C(N)CC(N)=O)C(=O)NC(Cc1c[nH]c2ccccc12)C(=O)N1CCCC1C(=O)NC(CCC(=O)O)C(=O)NC(CCC(=O)O)C(=O)O. The van der Waals surface area contributed by atoms with E-state index < -0.39 is 122 Å². The summed E-state index contributed by atoms with van der Waals surface area (Å²) in [5.41, 5.74) is 12.4. The van der Waals surface area contributed by atoms with Gasteiger partial charge in [-0.15, -0.1) is 0 Å². The van der Waals surface area contributed by atoms with Gasteiger partial charge in [-0.05, 0) is 55.7 Å². The molecule has 2 heterocycles. The summed E-state index contributed by atoms with van der Waals surface area (Å²) in [7, 11) is 0. The molecule has 1 aromatic carbocycles. The average molecular weight is 805 g/mol. The molecule has 12 N–H and O–H groups in total. The minimum atomic E-state index is -1.65. The number of nitrogens with zero attached hydrogens (tertiary/aromatic N) is 1. The molecule has 6 atom stereocenters. The molecule has 0 aliphatic carbocycles. The maximum absolute atomic E-state index is 14.4. The predicted molar refractivity (Wildman–Crippen MR) is 201 cm³/mol. The summed E-state index contributed by atoms with van der Waals surface area (Å²) in [4.78, 5) is 118. The van der Waals surface area contributed by atoms with Gasteiger partial charge >= 0.3 is 17.9 Å². The molecule has 3 rings (SSSR count). The minimum absolute atomic E-state index is 0.0552. The van der Waals surface area contributed by atoms with Gasteiger partial charge in [0.15, 0.2) is 0 Å². The second kappa shape index (κ2) is 21.4. The van der Waals surface area contributed by atoms with Crippen LogP contribution in [0, 0.1) is 0 Å². The van der Waals surface area contributed by atoms with Gasteiger partial charge in [0.25, 0.3) is 0 Å². The van der Waals surface area contributed by atoms with Gasteiger partial charge in [0.2, 0.25) is 35.4 Å². The van der Waals surface area contributed by atoms with Crippen LogP contribution in [0.4, 0.5) is 0 Å². The highest BCUT2D eigenvalue weighted by molar-refractivity contribution is 7.98. The second-order valence-corrected chi connectivity index (χ2v) is 14.2. The molecule has 1 aliphatic heterocycles. The van der Waals surface area contributed by atoms with Crippen LogP contribution in [0.3, 0.4) is 0 Å². The van der Waals surface area contributed by atoms with Crippen molar-refractivity contribution < 1.29 is 58.5 Å². The number of carboxylic acids is 3. The number of nitrogens with one attached hydrogen (secondary N) is 5. The lowest BCUT2D eigenvalue weighted by atomic mass is 10.0. The van der Waals surface area contributed by atoms with Gasteiger partial charge in [-0.3, -0.25) is 38.4 Å². The average Bonchev–Trinajstić information content (AvgIpc) is 3.80. The summed E-state index contributed by atoms with van der Waals surface area (Å²) in [6.07, 6.45) is 1.41. The topological polar surface area (TPSA) is 334 Å². The maximum Gasteiger partial charge on any atom is 0.326 e. The number of carbonyl (C=O) groups is 9. The van der Waals surface area contributed by atoms with Gasteiger partial charge in [0.05, 0.1) is 12.5 Å². The van der Waals surface area contributed by atoms with Crippen molar-refractivity contribution in [3.8, 4) is 0 Å². The van der Waals surface area contributed by atoms with Crippen LogP contribution in [0.1, 0.15) is 56.9 Å². The Morgan fingerprint density at radius 2 is 1.43 bits per heavy atom. The molecule has 2 aromatic rings. The number of aromatic nitrogens is 1. The van der Waals surface area contributed by atoms with Crippen LogP contribution >= 0.6 is 11.8 Å². The number of fused-ring (bicyclic) bond motifs is 1. The highest BCUT2D eigenvalue weighted by Crippen LogP contribution is 2.23. The van der Waals surface area contributed by atoms with Crippen molar-refractivity contribution in [3.63, 3.8) is 0 Å². The maximum atomic E-state index is 14.4. The summed E-state index contributed by atoms with van der Waals surface area (Å²) >= 11 is 1.39. The van der Waals surface area contributed by atoms with E-state index in [0.29, 0.717) is 17.7 Å². The van der Waals surface area contributed by atoms with Crippen molar-refractivity contribution in [2.24, 2.45) is 11.5 Å². The van der Waals surface area contributed by atoms with E-state index in [0.717, 1.165) is 10.9 Å². The van der Waals surface area contributed by atoms with E-state index in [9.17, 15) is 53.4 Å². The number of carboxylic acid groups (broad SMARTS) is 3. The van der Waals surface area contributed by atoms with E-state index in [-0.39, 0.29) is 25.8 Å². The Balaban J connectivity index is 1.89. The molecule has 1 aliphatic rings. The van der Waals surface area contributed by atoms with Crippen LogP contribution < -0.4 is 32.7 Å². The standard InChI is InChI=1S/C35H48N8O12S/c1-56-14-12-23(39-30(49)20(36)16-27(37)44)32(51)42-25(15-18-17-38-21-6-3-2-5-19(18)21)34(53)43-13-4-7-26(43)33(52)40-22(8-10-28(45)46)31(50)41-24(35(54)55)9-11-29(47)48/h2-3,5-6,17,20,22-26,38H,4,7-16,36H2,1H3,(H2,37,44)(H,39,49)(H,40,52)(H,41,50)(H,42,51)(H,45,46)(H,47,48)(H,54,55). The first kappa shape index (κ1) is 44.7. The number of carbonyl (C=O) groups excluding carboxylic acids is 6. The number of primary amides is 1. The Morgan fingerprint density at radius 1 is 0.839 bits per heavy atom. The van der Waals surface area contributed by atoms with Crippen molar-refractivity contribution >= 4 is 76.0 Å². The van der Waals surface area contributed by atoms with Crippen molar-refractivity contribution in [1.82, 2.24) is 31.2 Å². The van der Waals surface area contributed by atoms with E-state index in [1.54, 1.807) is 18.5 Å². The lowest BCUT2D eigenvalue weighted by Gasteiger charge is -2.31. The van der Waals surface area contributed by atoms with Crippen LogP contribution in [0.15, 0.2) is 30.5 Å². The van der Waals surface area contributed by atoms with E-state index in [1.165, 1.54) is 16.7 Å². The predicted octanol–water partition coefficient (Wildman–Crippen LogP) is -1.59. The highest BCUT2D eigenvalue weighted by Gasteiger charge is 2.40. The first-order valence-electron chi connectivity index (χ1n) is 17.8. The molecular weight excluding hydrogens is 756 g/mol. The molecule has 306 valence electrons. The van der Waals surface area contributed by atoms with Gasteiger partial charge in [-0.1, -0.05) is 18.2 Å². The smallest absolute Gasteiger partial charge is 0.326 e. The first-order chi connectivity index (χ1) is 26.5. The third-order valence-electron chi connectivity index (χ3n) is 9.09. The van der Waals surface area contributed by atoms with Crippen LogP contribution in [-0.2, 0) is 49.6 Å². The zero-order chi connectivity index (χ0) is 41.5. The molecule has 1 saturated heterocycles. The molecule has 6 unspecified atom stereocenters. The zero-order valence-corrected chi connectivity index (χ0v) is 31.5. The number of hydrogen-bond acceptors (Lipinski definition) is 11. The number of aliphatic carboxylic acids is 3. The number of thioether (sulfide) groups is 1. The van der Waals surface area contributed by atoms with Crippen molar-refractivity contribution in [2.45, 2.75) is 94.0 Å². The molecule has 0 radical (unpaired) electrons.